The fourth-order valence-electron chi connectivity index (χ4n) is 2.50. The second kappa shape index (κ2) is 4.73. The molecular weight excluding hydrogens is 236 g/mol. The largest absolute Gasteiger partial charge is 0.466 e. The van der Waals surface area contributed by atoms with E-state index in [0.717, 1.165) is 12.0 Å². The molecule has 0 aliphatic heterocycles. The zero-order valence-electron chi connectivity index (χ0n) is 10.7. The highest BCUT2D eigenvalue weighted by Gasteiger charge is 2.17. The molecule has 0 spiro atoms. The van der Waals surface area contributed by atoms with Crippen LogP contribution in [0.4, 0.5) is 0 Å². The van der Waals surface area contributed by atoms with Crippen molar-refractivity contribution in [2.45, 2.75) is 6.42 Å². The SMILES string of the molecule is COC(=O)/C=C/c1ccc2c(c1)Cc1ccccc1-2. The minimum Gasteiger partial charge on any atom is -0.466 e. The highest BCUT2D eigenvalue weighted by Crippen LogP contribution is 2.36. The number of carbonyl (C=O) groups is 1. The summed E-state index contributed by atoms with van der Waals surface area (Å²) in [7, 11) is 1.38. The lowest BCUT2D eigenvalue weighted by Gasteiger charge is -2.01. The van der Waals surface area contributed by atoms with Crippen molar-refractivity contribution in [2.24, 2.45) is 0 Å². The Hall–Kier alpha value is -2.35. The molecule has 1 aliphatic carbocycles. The number of hydrogen-bond acceptors (Lipinski definition) is 2. The van der Waals surface area contributed by atoms with Crippen LogP contribution in [0.15, 0.2) is 48.5 Å². The molecule has 0 fully saturated rings. The highest BCUT2D eigenvalue weighted by atomic mass is 16.5. The Morgan fingerprint density at radius 3 is 2.74 bits per heavy atom. The van der Waals surface area contributed by atoms with Crippen molar-refractivity contribution in [3.63, 3.8) is 0 Å². The summed E-state index contributed by atoms with van der Waals surface area (Å²) in [6.45, 7) is 0. The van der Waals surface area contributed by atoms with Crippen molar-refractivity contribution in [3.05, 3.63) is 65.2 Å². The molecule has 2 nitrogen and oxygen atoms in total. The van der Waals surface area contributed by atoms with Gasteiger partial charge in [-0.1, -0.05) is 42.5 Å². The van der Waals surface area contributed by atoms with Crippen LogP contribution >= 0.6 is 0 Å². The van der Waals surface area contributed by atoms with Gasteiger partial charge < -0.3 is 4.74 Å². The quantitative estimate of drug-likeness (QED) is 0.514. The first-order valence-corrected chi connectivity index (χ1v) is 6.25. The van der Waals surface area contributed by atoms with Crippen LogP contribution in [-0.2, 0) is 16.0 Å². The van der Waals surface area contributed by atoms with E-state index in [1.807, 2.05) is 6.07 Å². The van der Waals surface area contributed by atoms with E-state index in [1.165, 1.54) is 35.4 Å². The van der Waals surface area contributed by atoms with Crippen LogP contribution in [0, 0.1) is 0 Å². The van der Waals surface area contributed by atoms with E-state index in [-0.39, 0.29) is 5.97 Å². The van der Waals surface area contributed by atoms with Gasteiger partial charge in [0, 0.05) is 6.08 Å². The second-order valence-electron chi connectivity index (χ2n) is 4.61. The van der Waals surface area contributed by atoms with Crippen molar-refractivity contribution < 1.29 is 9.53 Å². The topological polar surface area (TPSA) is 26.3 Å². The molecule has 0 unspecified atom stereocenters. The van der Waals surface area contributed by atoms with Crippen molar-refractivity contribution >= 4 is 12.0 Å². The van der Waals surface area contributed by atoms with Gasteiger partial charge in [0.05, 0.1) is 7.11 Å². The molecule has 0 saturated heterocycles. The third-order valence-corrected chi connectivity index (χ3v) is 3.43. The van der Waals surface area contributed by atoms with Crippen molar-refractivity contribution in [3.8, 4) is 11.1 Å². The summed E-state index contributed by atoms with van der Waals surface area (Å²) in [4.78, 5) is 11.1. The van der Waals surface area contributed by atoms with Crippen molar-refractivity contribution in [1.29, 1.82) is 0 Å². The lowest BCUT2D eigenvalue weighted by Crippen LogP contribution is -1.93. The average Bonchev–Trinajstić information content (AvgIpc) is 2.82. The summed E-state index contributed by atoms with van der Waals surface area (Å²) in [5.41, 5.74) is 6.32. The van der Waals surface area contributed by atoms with Gasteiger partial charge in [-0.25, -0.2) is 4.79 Å². The molecule has 0 amide bonds. The van der Waals surface area contributed by atoms with Gasteiger partial charge in [-0.3, -0.25) is 0 Å². The molecule has 0 heterocycles. The summed E-state index contributed by atoms with van der Waals surface area (Å²) in [6.07, 6.45) is 4.20. The number of carbonyl (C=O) groups excluding carboxylic acids is 1. The minimum absolute atomic E-state index is 0.330. The number of ether oxygens (including phenoxy) is 1. The van der Waals surface area contributed by atoms with Gasteiger partial charge in [-0.15, -0.1) is 0 Å². The molecule has 94 valence electrons. The van der Waals surface area contributed by atoms with Gasteiger partial charge >= 0.3 is 5.97 Å². The van der Waals surface area contributed by atoms with Crippen molar-refractivity contribution in [1.82, 2.24) is 0 Å². The molecule has 1 aliphatic rings. The molecule has 19 heavy (non-hydrogen) atoms. The molecule has 0 saturated carbocycles. The summed E-state index contributed by atoms with van der Waals surface area (Å²) < 4.78 is 4.59. The number of methoxy groups -OCH3 is 1. The lowest BCUT2D eigenvalue weighted by atomic mass is 10.0. The zero-order valence-corrected chi connectivity index (χ0v) is 10.7. The van der Waals surface area contributed by atoms with E-state index < -0.39 is 0 Å². The summed E-state index contributed by atoms with van der Waals surface area (Å²) in [5.74, 6) is -0.330. The van der Waals surface area contributed by atoms with Crippen LogP contribution in [0.2, 0.25) is 0 Å². The summed E-state index contributed by atoms with van der Waals surface area (Å²) >= 11 is 0. The van der Waals surface area contributed by atoms with Crippen LogP contribution in [0.5, 0.6) is 0 Å². The first kappa shape index (κ1) is 11.7. The van der Waals surface area contributed by atoms with Gasteiger partial charge in [0.1, 0.15) is 0 Å². The first-order chi connectivity index (χ1) is 9.28. The van der Waals surface area contributed by atoms with Crippen LogP contribution in [-0.4, -0.2) is 13.1 Å². The van der Waals surface area contributed by atoms with E-state index in [4.69, 9.17) is 0 Å². The van der Waals surface area contributed by atoms with E-state index in [2.05, 4.69) is 41.1 Å². The monoisotopic (exact) mass is 250 g/mol. The Bertz CT molecular complexity index is 669. The fourth-order valence-corrected chi connectivity index (χ4v) is 2.50. The van der Waals surface area contributed by atoms with Gasteiger partial charge in [0.2, 0.25) is 0 Å². The van der Waals surface area contributed by atoms with Crippen molar-refractivity contribution in [2.75, 3.05) is 7.11 Å². The van der Waals surface area contributed by atoms with E-state index >= 15 is 0 Å². The minimum atomic E-state index is -0.330. The van der Waals surface area contributed by atoms with Gasteiger partial charge in [0.15, 0.2) is 0 Å². The fraction of sp³-hybridized carbons (Fsp3) is 0.118. The van der Waals surface area contributed by atoms with Crippen LogP contribution < -0.4 is 0 Å². The second-order valence-corrected chi connectivity index (χ2v) is 4.61. The zero-order chi connectivity index (χ0) is 13.2. The Balaban J connectivity index is 1.93. The van der Waals surface area contributed by atoms with E-state index in [9.17, 15) is 4.79 Å². The van der Waals surface area contributed by atoms with Crippen LogP contribution in [0.1, 0.15) is 16.7 Å². The summed E-state index contributed by atoms with van der Waals surface area (Å²) in [5, 5.41) is 0. The molecule has 0 aromatic heterocycles. The van der Waals surface area contributed by atoms with Gasteiger partial charge in [0.25, 0.3) is 0 Å². The Labute approximate surface area is 112 Å². The molecule has 2 heteroatoms. The normalized spacial score (nSPS) is 12.3. The average molecular weight is 250 g/mol. The standard InChI is InChI=1S/C17H14O2/c1-19-17(18)9-7-12-6-8-16-14(10-12)11-13-4-2-3-5-15(13)16/h2-10H,11H2,1H3/b9-7+. The Morgan fingerprint density at radius 1 is 1.11 bits per heavy atom. The highest BCUT2D eigenvalue weighted by molar-refractivity contribution is 5.87. The maximum Gasteiger partial charge on any atom is 0.330 e. The molecule has 2 aromatic carbocycles. The number of esters is 1. The maximum atomic E-state index is 11.1. The lowest BCUT2D eigenvalue weighted by molar-refractivity contribution is -0.134. The molecule has 0 N–H and O–H groups in total. The number of rotatable bonds is 2. The Morgan fingerprint density at radius 2 is 1.89 bits per heavy atom. The molecule has 0 bridgehead atoms. The predicted molar refractivity (Wildman–Crippen MR) is 75.7 cm³/mol. The third kappa shape index (κ3) is 2.17. The van der Waals surface area contributed by atoms with Gasteiger partial charge in [-0.05, 0) is 40.3 Å². The van der Waals surface area contributed by atoms with Crippen LogP contribution in [0.3, 0.4) is 0 Å². The molecule has 2 aromatic rings. The number of fused-ring (bicyclic) bond motifs is 3. The molecular formula is C17H14O2. The molecule has 0 atom stereocenters. The van der Waals surface area contributed by atoms with Gasteiger partial charge in [-0.2, -0.15) is 0 Å². The Kier molecular flexibility index (Phi) is 2.92. The van der Waals surface area contributed by atoms with E-state index in [0.29, 0.717) is 0 Å². The molecule has 0 radical (unpaired) electrons. The number of hydrogen-bond donors (Lipinski definition) is 0. The molecule has 3 rings (SSSR count). The van der Waals surface area contributed by atoms with Crippen LogP contribution in [0.25, 0.3) is 17.2 Å². The summed E-state index contributed by atoms with van der Waals surface area (Å²) in [6, 6.07) is 14.7. The smallest absolute Gasteiger partial charge is 0.330 e. The predicted octanol–water partition coefficient (Wildman–Crippen LogP) is 3.44. The maximum absolute atomic E-state index is 11.1. The third-order valence-electron chi connectivity index (χ3n) is 3.43. The van der Waals surface area contributed by atoms with E-state index in [1.54, 1.807) is 6.08 Å². The number of benzene rings is 2. The first-order valence-electron chi connectivity index (χ1n) is 6.25.